The Bertz CT molecular complexity index is 189. The van der Waals surface area contributed by atoms with E-state index in [1.807, 2.05) is 0 Å². The number of nitrogens with zero attached hydrogens (tertiary/aromatic N) is 1. The number of nitrogens with one attached hydrogen (secondary N) is 2. The fourth-order valence-electron chi connectivity index (χ4n) is 2.49. The molecule has 0 aromatic carbocycles. The average Bonchev–Trinajstić information content (AvgIpc) is 2.38. The van der Waals surface area contributed by atoms with Gasteiger partial charge in [-0.2, -0.15) is 0 Å². The Hall–Kier alpha value is -0.160. The number of piperazine rings is 1. The van der Waals surface area contributed by atoms with Crippen LogP contribution in [0.5, 0.6) is 0 Å². The van der Waals surface area contributed by atoms with Crippen LogP contribution in [-0.2, 0) is 4.74 Å². The molecule has 0 spiro atoms. The van der Waals surface area contributed by atoms with E-state index in [1.54, 1.807) is 0 Å². The van der Waals surface area contributed by atoms with Gasteiger partial charge in [-0.15, -0.1) is 0 Å². The van der Waals surface area contributed by atoms with Crippen molar-refractivity contribution in [2.75, 3.05) is 45.9 Å². The first-order chi connectivity index (χ1) is 7.86. The van der Waals surface area contributed by atoms with Crippen molar-refractivity contribution in [1.82, 2.24) is 15.5 Å². The zero-order valence-corrected chi connectivity index (χ0v) is 10.4. The maximum Gasteiger partial charge on any atom is 0.0480 e. The monoisotopic (exact) mass is 227 g/mol. The Labute approximate surface area is 98.7 Å². The smallest absolute Gasteiger partial charge is 0.0480 e. The van der Waals surface area contributed by atoms with Crippen molar-refractivity contribution in [3.05, 3.63) is 0 Å². The quantitative estimate of drug-likeness (QED) is 0.711. The predicted molar refractivity (Wildman–Crippen MR) is 65.7 cm³/mol. The van der Waals surface area contributed by atoms with E-state index in [0.29, 0.717) is 12.1 Å². The molecule has 4 heteroatoms. The van der Waals surface area contributed by atoms with E-state index in [-0.39, 0.29) is 0 Å². The van der Waals surface area contributed by atoms with Crippen LogP contribution in [0, 0.1) is 0 Å². The normalized spacial score (nSPS) is 26.8. The van der Waals surface area contributed by atoms with Gasteiger partial charge < -0.3 is 15.4 Å². The third-order valence-electron chi connectivity index (χ3n) is 3.70. The van der Waals surface area contributed by atoms with Crippen LogP contribution in [0.1, 0.15) is 19.8 Å². The highest BCUT2D eigenvalue weighted by molar-refractivity contribution is 4.78. The highest BCUT2D eigenvalue weighted by atomic mass is 16.5. The Morgan fingerprint density at radius 1 is 1.31 bits per heavy atom. The molecular weight excluding hydrogens is 202 g/mol. The van der Waals surface area contributed by atoms with Crippen LogP contribution in [-0.4, -0.2) is 62.9 Å². The van der Waals surface area contributed by atoms with Gasteiger partial charge >= 0.3 is 0 Å². The summed E-state index contributed by atoms with van der Waals surface area (Å²) >= 11 is 0. The van der Waals surface area contributed by atoms with Crippen molar-refractivity contribution in [1.29, 1.82) is 0 Å². The molecule has 2 rings (SSSR count). The minimum Gasteiger partial charge on any atom is -0.381 e. The molecule has 16 heavy (non-hydrogen) atoms. The van der Waals surface area contributed by atoms with Gasteiger partial charge in [-0.1, -0.05) is 0 Å². The highest BCUT2D eigenvalue weighted by Crippen LogP contribution is 2.07. The van der Waals surface area contributed by atoms with Crippen LogP contribution < -0.4 is 10.6 Å². The Morgan fingerprint density at radius 2 is 2.00 bits per heavy atom. The van der Waals surface area contributed by atoms with E-state index in [4.69, 9.17) is 4.74 Å². The van der Waals surface area contributed by atoms with E-state index < -0.39 is 0 Å². The van der Waals surface area contributed by atoms with Crippen molar-refractivity contribution in [2.45, 2.75) is 31.8 Å². The summed E-state index contributed by atoms with van der Waals surface area (Å²) in [5, 5.41) is 7.07. The summed E-state index contributed by atoms with van der Waals surface area (Å²) in [5.74, 6) is 0. The molecule has 2 heterocycles. The molecule has 0 radical (unpaired) electrons. The number of ether oxygens (including phenoxy) is 1. The highest BCUT2D eigenvalue weighted by Gasteiger charge is 2.18. The van der Waals surface area contributed by atoms with Crippen molar-refractivity contribution < 1.29 is 4.74 Å². The van der Waals surface area contributed by atoms with Crippen molar-refractivity contribution in [3.63, 3.8) is 0 Å². The molecule has 0 amide bonds. The molecule has 94 valence electrons. The lowest BCUT2D eigenvalue weighted by Crippen LogP contribution is -2.51. The molecule has 4 nitrogen and oxygen atoms in total. The van der Waals surface area contributed by atoms with Crippen LogP contribution in [0.15, 0.2) is 0 Å². The number of hydrogen-bond donors (Lipinski definition) is 2. The summed E-state index contributed by atoms with van der Waals surface area (Å²) in [6.07, 6.45) is 2.35. The Morgan fingerprint density at radius 3 is 2.69 bits per heavy atom. The molecule has 0 saturated carbocycles. The second kappa shape index (κ2) is 6.55. The first-order valence-electron chi connectivity index (χ1n) is 6.62. The maximum atomic E-state index is 5.36. The molecule has 2 aliphatic heterocycles. The van der Waals surface area contributed by atoms with E-state index in [0.717, 1.165) is 32.8 Å². The first kappa shape index (κ1) is 12.3. The standard InChI is InChI=1S/C12H25N3O/c1-11(15-6-4-13-5-7-15)10-14-12-2-8-16-9-3-12/h11-14H,2-10H2,1H3. The zero-order valence-electron chi connectivity index (χ0n) is 10.4. The third-order valence-corrected chi connectivity index (χ3v) is 3.70. The zero-order chi connectivity index (χ0) is 11.2. The molecule has 0 bridgehead atoms. The molecule has 2 fully saturated rings. The minimum absolute atomic E-state index is 0.657. The number of hydrogen-bond acceptors (Lipinski definition) is 4. The van der Waals surface area contributed by atoms with Gasteiger partial charge in [0, 0.05) is 58.0 Å². The first-order valence-corrected chi connectivity index (χ1v) is 6.62. The Balaban J connectivity index is 1.63. The average molecular weight is 227 g/mol. The van der Waals surface area contributed by atoms with Gasteiger partial charge in [0.05, 0.1) is 0 Å². The minimum atomic E-state index is 0.657. The van der Waals surface area contributed by atoms with E-state index >= 15 is 0 Å². The number of rotatable bonds is 4. The summed E-state index contributed by atoms with van der Waals surface area (Å²) in [6, 6.07) is 1.34. The fourth-order valence-corrected chi connectivity index (χ4v) is 2.49. The summed E-state index contributed by atoms with van der Waals surface area (Å²) in [6.45, 7) is 9.97. The molecule has 2 aliphatic rings. The molecular formula is C12H25N3O. The second-order valence-electron chi connectivity index (χ2n) is 4.93. The summed E-state index contributed by atoms with van der Waals surface area (Å²) in [4.78, 5) is 2.57. The van der Waals surface area contributed by atoms with Gasteiger partial charge in [-0.3, -0.25) is 4.90 Å². The molecule has 0 aliphatic carbocycles. The lowest BCUT2D eigenvalue weighted by Gasteiger charge is -2.34. The SMILES string of the molecule is CC(CNC1CCOCC1)N1CCNCC1. The molecule has 1 unspecified atom stereocenters. The van der Waals surface area contributed by atoms with Crippen LogP contribution in [0.3, 0.4) is 0 Å². The van der Waals surface area contributed by atoms with Gasteiger partial charge in [0.1, 0.15) is 0 Å². The summed E-state index contributed by atoms with van der Waals surface area (Å²) in [5.41, 5.74) is 0. The third kappa shape index (κ3) is 3.70. The van der Waals surface area contributed by atoms with Crippen LogP contribution >= 0.6 is 0 Å². The molecule has 0 aromatic heterocycles. The van der Waals surface area contributed by atoms with Gasteiger partial charge in [0.15, 0.2) is 0 Å². The Kier molecular flexibility index (Phi) is 5.03. The largest absolute Gasteiger partial charge is 0.381 e. The van der Waals surface area contributed by atoms with Crippen molar-refractivity contribution in [3.8, 4) is 0 Å². The molecule has 1 atom stereocenters. The predicted octanol–water partition coefficient (Wildman–Crippen LogP) is 0.0487. The van der Waals surface area contributed by atoms with E-state index in [2.05, 4.69) is 22.5 Å². The van der Waals surface area contributed by atoms with E-state index in [9.17, 15) is 0 Å². The summed E-state index contributed by atoms with van der Waals surface area (Å²) < 4.78 is 5.36. The van der Waals surface area contributed by atoms with Crippen molar-refractivity contribution in [2.24, 2.45) is 0 Å². The lowest BCUT2D eigenvalue weighted by atomic mass is 10.1. The van der Waals surface area contributed by atoms with Gasteiger partial charge in [0.2, 0.25) is 0 Å². The van der Waals surface area contributed by atoms with Gasteiger partial charge in [0.25, 0.3) is 0 Å². The van der Waals surface area contributed by atoms with Crippen molar-refractivity contribution >= 4 is 0 Å². The van der Waals surface area contributed by atoms with Crippen LogP contribution in [0.4, 0.5) is 0 Å². The summed E-state index contributed by atoms with van der Waals surface area (Å²) in [7, 11) is 0. The topological polar surface area (TPSA) is 36.5 Å². The maximum absolute atomic E-state index is 5.36. The molecule has 2 N–H and O–H groups in total. The van der Waals surface area contributed by atoms with Gasteiger partial charge in [-0.25, -0.2) is 0 Å². The van der Waals surface area contributed by atoms with E-state index in [1.165, 1.54) is 25.9 Å². The lowest BCUT2D eigenvalue weighted by molar-refractivity contribution is 0.0748. The van der Waals surface area contributed by atoms with Crippen LogP contribution in [0.25, 0.3) is 0 Å². The van der Waals surface area contributed by atoms with Gasteiger partial charge in [-0.05, 0) is 19.8 Å². The molecule has 2 saturated heterocycles. The fraction of sp³-hybridized carbons (Fsp3) is 1.00. The molecule has 0 aromatic rings. The van der Waals surface area contributed by atoms with Crippen LogP contribution in [0.2, 0.25) is 0 Å². The second-order valence-corrected chi connectivity index (χ2v) is 4.93.